The van der Waals surface area contributed by atoms with Gasteiger partial charge >= 0.3 is 0 Å². The van der Waals surface area contributed by atoms with Gasteiger partial charge in [-0.15, -0.1) is 0 Å². The van der Waals surface area contributed by atoms with Crippen LogP contribution in [0.4, 0.5) is 0 Å². The minimum absolute atomic E-state index is 0.670. The van der Waals surface area contributed by atoms with Gasteiger partial charge in [0.2, 0.25) is 0 Å². The maximum absolute atomic E-state index is 5.32. The van der Waals surface area contributed by atoms with Gasteiger partial charge in [0.15, 0.2) is 0 Å². The Morgan fingerprint density at radius 3 is 2.86 bits per heavy atom. The molecule has 0 aromatic heterocycles. The van der Waals surface area contributed by atoms with Crippen LogP contribution in [0.5, 0.6) is 0 Å². The van der Waals surface area contributed by atoms with Crippen molar-refractivity contribution in [3.63, 3.8) is 0 Å². The molecule has 0 spiro atoms. The molecule has 0 amide bonds. The van der Waals surface area contributed by atoms with Crippen LogP contribution in [0.15, 0.2) is 0 Å². The van der Waals surface area contributed by atoms with Crippen molar-refractivity contribution in [1.29, 1.82) is 0 Å². The molecule has 0 aromatic rings. The second-order valence-corrected chi connectivity index (χ2v) is 4.11. The molecule has 2 rings (SSSR count). The molecule has 0 aromatic carbocycles. The molecule has 2 aliphatic rings. The van der Waals surface area contributed by atoms with E-state index in [1.165, 1.54) is 25.8 Å². The van der Waals surface area contributed by atoms with E-state index in [2.05, 4.69) is 15.8 Å². The van der Waals surface area contributed by atoms with Crippen LogP contribution in [-0.2, 0) is 4.74 Å². The molecule has 2 saturated heterocycles. The van der Waals surface area contributed by atoms with Crippen LogP contribution >= 0.6 is 0 Å². The number of morpholine rings is 1. The summed E-state index contributed by atoms with van der Waals surface area (Å²) in [4.78, 5) is 0. The summed E-state index contributed by atoms with van der Waals surface area (Å²) >= 11 is 0. The van der Waals surface area contributed by atoms with Gasteiger partial charge in [-0.2, -0.15) is 0 Å². The normalized spacial score (nSPS) is 31.3. The van der Waals surface area contributed by atoms with Crippen molar-refractivity contribution in [3.8, 4) is 0 Å². The van der Waals surface area contributed by atoms with Gasteiger partial charge in [0, 0.05) is 19.1 Å². The number of hydrazine groups is 1. The molecular weight excluding hydrogens is 178 g/mol. The highest BCUT2D eigenvalue weighted by atomic mass is 16.5. The van der Waals surface area contributed by atoms with Crippen LogP contribution in [-0.4, -0.2) is 50.4 Å². The lowest BCUT2D eigenvalue weighted by molar-refractivity contribution is 0.00260. The topological polar surface area (TPSA) is 36.5 Å². The van der Waals surface area contributed by atoms with E-state index in [0.717, 1.165) is 32.8 Å². The van der Waals surface area contributed by atoms with Gasteiger partial charge in [-0.05, 0) is 32.4 Å². The average Bonchev–Trinajstić information content (AvgIpc) is 2.48. The van der Waals surface area contributed by atoms with Crippen molar-refractivity contribution in [1.82, 2.24) is 15.8 Å². The highest BCUT2D eigenvalue weighted by Gasteiger charge is 2.16. The molecule has 4 heteroatoms. The fourth-order valence-corrected chi connectivity index (χ4v) is 2.10. The fourth-order valence-electron chi connectivity index (χ4n) is 2.10. The van der Waals surface area contributed by atoms with E-state index in [4.69, 9.17) is 4.74 Å². The molecule has 0 aliphatic carbocycles. The van der Waals surface area contributed by atoms with E-state index in [0.29, 0.717) is 6.04 Å². The third-order valence-corrected chi connectivity index (χ3v) is 2.95. The predicted octanol–water partition coefficient (Wildman–Crippen LogP) is -0.0347. The molecule has 82 valence electrons. The third-order valence-electron chi connectivity index (χ3n) is 2.95. The molecule has 2 heterocycles. The van der Waals surface area contributed by atoms with Gasteiger partial charge in [-0.1, -0.05) is 0 Å². The first-order valence-corrected chi connectivity index (χ1v) is 5.75. The summed E-state index contributed by atoms with van der Waals surface area (Å²) in [7, 11) is 0. The average molecular weight is 199 g/mol. The minimum Gasteiger partial charge on any atom is -0.379 e. The van der Waals surface area contributed by atoms with Crippen molar-refractivity contribution in [2.45, 2.75) is 25.3 Å². The first kappa shape index (κ1) is 10.4. The van der Waals surface area contributed by atoms with E-state index in [1.54, 1.807) is 0 Å². The molecule has 2 N–H and O–H groups in total. The van der Waals surface area contributed by atoms with Gasteiger partial charge in [0.1, 0.15) is 0 Å². The number of hydrogen-bond acceptors (Lipinski definition) is 4. The lowest BCUT2D eigenvalue weighted by Crippen LogP contribution is -2.50. The summed E-state index contributed by atoms with van der Waals surface area (Å²) < 4.78 is 5.32. The SMILES string of the molecule is C1CNCCC(NN2CCOCC2)C1. The Morgan fingerprint density at radius 1 is 1.14 bits per heavy atom. The van der Waals surface area contributed by atoms with Crippen LogP contribution in [0.1, 0.15) is 19.3 Å². The summed E-state index contributed by atoms with van der Waals surface area (Å²) in [5.74, 6) is 0. The Morgan fingerprint density at radius 2 is 2.00 bits per heavy atom. The minimum atomic E-state index is 0.670. The Kier molecular flexibility index (Phi) is 4.19. The van der Waals surface area contributed by atoms with Crippen molar-refractivity contribution in [2.75, 3.05) is 39.4 Å². The van der Waals surface area contributed by atoms with E-state index in [-0.39, 0.29) is 0 Å². The quantitative estimate of drug-likeness (QED) is 0.654. The van der Waals surface area contributed by atoms with Gasteiger partial charge in [0.25, 0.3) is 0 Å². The third kappa shape index (κ3) is 3.20. The second kappa shape index (κ2) is 5.66. The Balaban J connectivity index is 1.71. The monoisotopic (exact) mass is 199 g/mol. The van der Waals surface area contributed by atoms with Crippen molar-refractivity contribution in [2.24, 2.45) is 0 Å². The largest absolute Gasteiger partial charge is 0.379 e. The highest BCUT2D eigenvalue weighted by molar-refractivity contribution is 4.72. The molecule has 1 atom stereocenters. The summed E-state index contributed by atoms with van der Waals surface area (Å²) in [6, 6.07) is 0.670. The molecule has 1 unspecified atom stereocenters. The molecule has 0 radical (unpaired) electrons. The van der Waals surface area contributed by atoms with E-state index in [9.17, 15) is 0 Å². The summed E-state index contributed by atoms with van der Waals surface area (Å²) in [6.45, 7) is 6.15. The Labute approximate surface area is 86.0 Å². The zero-order chi connectivity index (χ0) is 9.64. The first-order chi connectivity index (χ1) is 6.95. The van der Waals surface area contributed by atoms with Crippen LogP contribution in [0.2, 0.25) is 0 Å². The molecule has 0 saturated carbocycles. The first-order valence-electron chi connectivity index (χ1n) is 5.75. The van der Waals surface area contributed by atoms with E-state index < -0.39 is 0 Å². The maximum Gasteiger partial charge on any atom is 0.0608 e. The number of ether oxygens (including phenoxy) is 1. The molecular formula is C10H21N3O. The van der Waals surface area contributed by atoms with E-state index >= 15 is 0 Å². The maximum atomic E-state index is 5.32. The zero-order valence-corrected chi connectivity index (χ0v) is 8.80. The van der Waals surface area contributed by atoms with Crippen molar-refractivity contribution >= 4 is 0 Å². The predicted molar refractivity (Wildman–Crippen MR) is 56.0 cm³/mol. The van der Waals surface area contributed by atoms with Gasteiger partial charge in [0.05, 0.1) is 13.2 Å². The lowest BCUT2D eigenvalue weighted by atomic mass is 10.1. The summed E-state index contributed by atoms with van der Waals surface area (Å²) in [5.41, 5.74) is 3.61. The molecule has 2 fully saturated rings. The fraction of sp³-hybridized carbons (Fsp3) is 1.00. The Hall–Kier alpha value is -0.160. The summed E-state index contributed by atoms with van der Waals surface area (Å²) in [5, 5.41) is 5.75. The van der Waals surface area contributed by atoms with Crippen LogP contribution in [0, 0.1) is 0 Å². The van der Waals surface area contributed by atoms with Crippen molar-refractivity contribution < 1.29 is 4.74 Å². The van der Waals surface area contributed by atoms with Gasteiger partial charge < -0.3 is 10.1 Å². The molecule has 0 bridgehead atoms. The molecule has 4 nitrogen and oxygen atoms in total. The van der Waals surface area contributed by atoms with Crippen LogP contribution in [0.3, 0.4) is 0 Å². The number of hydrogen-bond donors (Lipinski definition) is 2. The molecule has 2 aliphatic heterocycles. The number of rotatable bonds is 2. The van der Waals surface area contributed by atoms with Crippen molar-refractivity contribution in [3.05, 3.63) is 0 Å². The lowest BCUT2D eigenvalue weighted by Gasteiger charge is -2.31. The van der Waals surface area contributed by atoms with Crippen LogP contribution < -0.4 is 10.7 Å². The zero-order valence-electron chi connectivity index (χ0n) is 8.80. The smallest absolute Gasteiger partial charge is 0.0608 e. The van der Waals surface area contributed by atoms with E-state index in [1.807, 2.05) is 0 Å². The number of nitrogens with one attached hydrogen (secondary N) is 2. The van der Waals surface area contributed by atoms with Crippen LogP contribution in [0.25, 0.3) is 0 Å². The number of nitrogens with zero attached hydrogens (tertiary/aromatic N) is 1. The highest BCUT2D eigenvalue weighted by Crippen LogP contribution is 2.06. The molecule has 14 heavy (non-hydrogen) atoms. The van der Waals surface area contributed by atoms with Gasteiger partial charge in [-0.3, -0.25) is 5.43 Å². The standard InChI is InChI=1S/C10H21N3O/c1-2-10(3-5-11-4-1)12-13-6-8-14-9-7-13/h10-12H,1-9H2. The summed E-state index contributed by atoms with van der Waals surface area (Å²) in [6.07, 6.45) is 3.84. The van der Waals surface area contributed by atoms with Gasteiger partial charge in [-0.25, -0.2) is 5.01 Å². The second-order valence-electron chi connectivity index (χ2n) is 4.11. The Bertz CT molecular complexity index is 151.